The number of rotatable bonds is 5. The standard InChI is InChI=1S/C16H34N2S/c1-13(16(3,4)5)18-10-15(11-18)12-19(6)14(2)17-8-7-9-17/h13-15,19H,7-12H2,1-6H3/t13-,14-/m0/s1. The molecule has 2 fully saturated rings. The van der Waals surface area contributed by atoms with E-state index in [1.165, 1.54) is 38.4 Å². The summed E-state index contributed by atoms with van der Waals surface area (Å²) < 4.78 is 0. The Morgan fingerprint density at radius 1 is 1.11 bits per heavy atom. The topological polar surface area (TPSA) is 6.48 Å². The summed E-state index contributed by atoms with van der Waals surface area (Å²) in [4.78, 5) is 5.36. The van der Waals surface area contributed by atoms with Crippen molar-refractivity contribution in [3.63, 3.8) is 0 Å². The summed E-state index contributed by atoms with van der Waals surface area (Å²) in [6, 6.07) is 0.722. The van der Waals surface area contributed by atoms with E-state index >= 15 is 0 Å². The Balaban J connectivity index is 1.69. The van der Waals surface area contributed by atoms with Gasteiger partial charge in [0, 0.05) is 37.6 Å². The third kappa shape index (κ3) is 3.68. The summed E-state index contributed by atoms with van der Waals surface area (Å²) >= 11 is 0. The van der Waals surface area contributed by atoms with Crippen molar-refractivity contribution in [3.8, 4) is 0 Å². The third-order valence-electron chi connectivity index (χ3n) is 5.39. The minimum absolute atomic E-state index is 0.203. The van der Waals surface area contributed by atoms with Gasteiger partial charge in [0.15, 0.2) is 0 Å². The van der Waals surface area contributed by atoms with Crippen molar-refractivity contribution in [3.05, 3.63) is 0 Å². The molecule has 2 aliphatic rings. The summed E-state index contributed by atoms with van der Waals surface area (Å²) in [5.41, 5.74) is 0.423. The molecule has 0 N–H and O–H groups in total. The molecule has 19 heavy (non-hydrogen) atoms. The molecular weight excluding hydrogens is 252 g/mol. The third-order valence-corrected chi connectivity index (χ3v) is 8.08. The van der Waals surface area contributed by atoms with E-state index in [2.05, 4.69) is 50.7 Å². The number of hydrogen-bond donors (Lipinski definition) is 1. The predicted molar refractivity (Wildman–Crippen MR) is 89.4 cm³/mol. The van der Waals surface area contributed by atoms with Gasteiger partial charge < -0.3 is 0 Å². The maximum atomic E-state index is 2.68. The second kappa shape index (κ2) is 5.95. The molecule has 0 saturated carbocycles. The van der Waals surface area contributed by atoms with E-state index in [1.54, 1.807) is 0 Å². The molecule has 114 valence electrons. The number of nitrogens with zero attached hydrogens (tertiary/aromatic N) is 2. The van der Waals surface area contributed by atoms with Crippen molar-refractivity contribution in [1.29, 1.82) is 0 Å². The lowest BCUT2D eigenvalue weighted by molar-refractivity contribution is 0.0202. The first kappa shape index (κ1) is 15.7. The second-order valence-corrected chi connectivity index (χ2v) is 10.4. The van der Waals surface area contributed by atoms with Gasteiger partial charge >= 0.3 is 0 Å². The van der Waals surface area contributed by atoms with Crippen molar-refractivity contribution in [2.75, 3.05) is 38.2 Å². The van der Waals surface area contributed by atoms with Crippen LogP contribution < -0.4 is 0 Å². The van der Waals surface area contributed by atoms with Crippen molar-refractivity contribution in [1.82, 2.24) is 9.80 Å². The molecule has 0 aromatic heterocycles. The van der Waals surface area contributed by atoms with Crippen molar-refractivity contribution >= 4 is 10.9 Å². The summed E-state index contributed by atoms with van der Waals surface area (Å²) in [6.07, 6.45) is 3.95. The lowest BCUT2D eigenvalue weighted by Gasteiger charge is -2.50. The fourth-order valence-electron chi connectivity index (χ4n) is 3.14. The first-order valence-corrected chi connectivity index (χ1v) is 10.0. The highest BCUT2D eigenvalue weighted by Crippen LogP contribution is 2.38. The minimum atomic E-state index is 0.203. The van der Waals surface area contributed by atoms with Gasteiger partial charge in [0.2, 0.25) is 0 Å². The SMILES string of the molecule is C[C@H](N1CC(C[SH](C)[C@@H](C)N2CCC2)C1)C(C)(C)C. The van der Waals surface area contributed by atoms with Gasteiger partial charge in [-0.3, -0.25) is 9.80 Å². The average Bonchev–Trinajstić information content (AvgIpc) is 2.17. The highest BCUT2D eigenvalue weighted by atomic mass is 32.2. The van der Waals surface area contributed by atoms with Crippen LogP contribution in [-0.4, -0.2) is 59.4 Å². The van der Waals surface area contributed by atoms with Crippen LogP contribution in [0.25, 0.3) is 0 Å². The Kier molecular flexibility index (Phi) is 4.90. The lowest BCUT2D eigenvalue weighted by atomic mass is 9.84. The van der Waals surface area contributed by atoms with Crippen LogP contribution >= 0.6 is 10.9 Å². The molecule has 3 atom stereocenters. The molecule has 2 aliphatic heterocycles. The number of thiol groups is 1. The van der Waals surface area contributed by atoms with Crippen molar-refractivity contribution in [2.24, 2.45) is 11.3 Å². The quantitative estimate of drug-likeness (QED) is 0.776. The predicted octanol–water partition coefficient (Wildman–Crippen LogP) is 3.04. The summed E-state index contributed by atoms with van der Waals surface area (Å²) in [7, 11) is 0.203. The van der Waals surface area contributed by atoms with Crippen LogP contribution in [0.15, 0.2) is 0 Å². The minimum Gasteiger partial charge on any atom is -0.299 e. The first-order chi connectivity index (χ1) is 8.79. The summed E-state index contributed by atoms with van der Waals surface area (Å²) in [5, 5.41) is 0.859. The van der Waals surface area contributed by atoms with E-state index in [1.807, 2.05) is 0 Å². The van der Waals surface area contributed by atoms with Crippen molar-refractivity contribution < 1.29 is 0 Å². The van der Waals surface area contributed by atoms with Gasteiger partial charge in [-0.25, -0.2) is 10.9 Å². The monoisotopic (exact) mass is 286 g/mol. The van der Waals surface area contributed by atoms with Crippen LogP contribution in [0.4, 0.5) is 0 Å². The first-order valence-electron chi connectivity index (χ1n) is 7.97. The average molecular weight is 287 g/mol. The van der Waals surface area contributed by atoms with Crippen LogP contribution in [0.1, 0.15) is 41.0 Å². The molecule has 0 amide bonds. The highest BCUT2D eigenvalue weighted by Gasteiger charge is 2.36. The van der Waals surface area contributed by atoms with Gasteiger partial charge in [0.1, 0.15) is 0 Å². The van der Waals surface area contributed by atoms with E-state index in [0.717, 1.165) is 17.3 Å². The molecule has 1 unspecified atom stereocenters. The molecule has 0 bridgehead atoms. The van der Waals surface area contributed by atoms with E-state index in [4.69, 9.17) is 0 Å². The van der Waals surface area contributed by atoms with Crippen LogP contribution in [0.3, 0.4) is 0 Å². The van der Waals surface area contributed by atoms with Crippen LogP contribution in [-0.2, 0) is 0 Å². The molecule has 2 heterocycles. The molecule has 0 aliphatic carbocycles. The number of likely N-dealkylation sites (tertiary alicyclic amines) is 2. The van der Waals surface area contributed by atoms with Gasteiger partial charge in [0.05, 0.1) is 0 Å². The summed E-state index contributed by atoms with van der Waals surface area (Å²) in [5.74, 6) is 2.46. The van der Waals surface area contributed by atoms with Crippen LogP contribution in [0.5, 0.6) is 0 Å². The Morgan fingerprint density at radius 3 is 2.11 bits per heavy atom. The second-order valence-electron chi connectivity index (χ2n) is 7.82. The van der Waals surface area contributed by atoms with Gasteiger partial charge in [-0.15, -0.1) is 0 Å². The molecule has 0 aromatic carbocycles. The molecule has 2 saturated heterocycles. The van der Waals surface area contributed by atoms with E-state index < -0.39 is 0 Å². The molecule has 2 rings (SSSR count). The van der Waals surface area contributed by atoms with Gasteiger partial charge in [-0.2, -0.15) is 0 Å². The summed E-state index contributed by atoms with van der Waals surface area (Å²) in [6.45, 7) is 17.3. The zero-order chi connectivity index (χ0) is 14.2. The van der Waals surface area contributed by atoms with Crippen LogP contribution in [0.2, 0.25) is 0 Å². The van der Waals surface area contributed by atoms with Crippen molar-refractivity contribution in [2.45, 2.75) is 52.5 Å². The lowest BCUT2D eigenvalue weighted by Crippen LogP contribution is -2.56. The molecular formula is C16H34N2S. The smallest absolute Gasteiger partial charge is 0.0349 e. The Hall–Kier alpha value is 0.270. The molecule has 0 aromatic rings. The fourth-order valence-corrected chi connectivity index (χ4v) is 5.28. The highest BCUT2D eigenvalue weighted by molar-refractivity contribution is 8.16. The maximum absolute atomic E-state index is 2.68. The van der Waals surface area contributed by atoms with Crippen LogP contribution in [0, 0.1) is 11.3 Å². The Morgan fingerprint density at radius 2 is 1.68 bits per heavy atom. The zero-order valence-corrected chi connectivity index (χ0v) is 14.7. The number of hydrogen-bond acceptors (Lipinski definition) is 2. The molecule has 3 heteroatoms. The van der Waals surface area contributed by atoms with Gasteiger partial charge in [0.25, 0.3) is 0 Å². The van der Waals surface area contributed by atoms with E-state index in [-0.39, 0.29) is 10.9 Å². The Labute approximate surface area is 123 Å². The van der Waals surface area contributed by atoms with E-state index in [9.17, 15) is 0 Å². The molecule has 2 nitrogen and oxygen atoms in total. The normalized spacial score (nSPS) is 28.4. The largest absolute Gasteiger partial charge is 0.299 e. The zero-order valence-electron chi connectivity index (χ0n) is 13.8. The van der Waals surface area contributed by atoms with Gasteiger partial charge in [-0.1, -0.05) is 20.8 Å². The Bertz CT molecular complexity index is 290. The molecule has 0 spiro atoms. The van der Waals surface area contributed by atoms with Gasteiger partial charge in [-0.05, 0) is 43.6 Å². The molecule has 0 radical (unpaired) electrons. The maximum Gasteiger partial charge on any atom is 0.0349 e. The van der Waals surface area contributed by atoms with E-state index in [0.29, 0.717) is 5.41 Å². The fraction of sp³-hybridized carbons (Fsp3) is 1.00.